The van der Waals surface area contributed by atoms with Crippen LogP contribution in [0, 0.1) is 0 Å². The summed E-state index contributed by atoms with van der Waals surface area (Å²) in [5.41, 5.74) is 2.52. The van der Waals surface area contributed by atoms with E-state index in [0.717, 1.165) is 16.9 Å². The number of rotatable bonds is 9. The maximum atomic E-state index is 13.4. The number of carboxylic acids is 1. The van der Waals surface area contributed by atoms with E-state index in [4.69, 9.17) is 19.6 Å². The Kier molecular flexibility index (Phi) is 7.87. The molecule has 0 aromatic heterocycles. The molecular weight excluding hydrogens is 476 g/mol. The maximum Gasteiger partial charge on any atom is 0.335 e. The van der Waals surface area contributed by atoms with Crippen molar-refractivity contribution in [3.05, 3.63) is 107 Å². The molecule has 0 spiro atoms. The molecule has 1 saturated heterocycles. The van der Waals surface area contributed by atoms with Gasteiger partial charge in [0.25, 0.3) is 5.91 Å². The third-order valence-corrected chi connectivity index (χ3v) is 6.28. The summed E-state index contributed by atoms with van der Waals surface area (Å²) in [6.07, 6.45) is 3.50. The topological polar surface area (TPSA) is 88.4 Å². The highest BCUT2D eigenvalue weighted by molar-refractivity contribution is 8.18. The van der Waals surface area contributed by atoms with Crippen LogP contribution in [0.4, 0.5) is 5.69 Å². The molecular formula is C28H24N2O5S. The zero-order valence-electron chi connectivity index (χ0n) is 19.6. The molecule has 0 unspecified atom stereocenters. The van der Waals surface area contributed by atoms with Crippen LogP contribution in [0.3, 0.4) is 0 Å². The second-order valence-electron chi connectivity index (χ2n) is 7.77. The number of hydrogen-bond acceptors (Lipinski definition) is 6. The van der Waals surface area contributed by atoms with Crippen LogP contribution in [0.1, 0.15) is 21.5 Å². The molecule has 0 bridgehead atoms. The largest absolute Gasteiger partial charge is 0.497 e. The Balaban J connectivity index is 1.63. The molecule has 0 aliphatic carbocycles. The van der Waals surface area contributed by atoms with E-state index < -0.39 is 5.97 Å². The lowest BCUT2D eigenvalue weighted by Gasteiger charge is -2.16. The second-order valence-corrected chi connectivity index (χ2v) is 8.77. The number of carboxylic acid groups (broad SMARTS) is 1. The Labute approximate surface area is 213 Å². The van der Waals surface area contributed by atoms with E-state index >= 15 is 0 Å². The van der Waals surface area contributed by atoms with E-state index in [1.165, 1.54) is 23.9 Å². The first-order valence-corrected chi connectivity index (χ1v) is 11.9. The van der Waals surface area contributed by atoms with Crippen LogP contribution in [-0.4, -0.2) is 40.8 Å². The van der Waals surface area contributed by atoms with E-state index in [2.05, 4.69) is 6.58 Å². The summed E-state index contributed by atoms with van der Waals surface area (Å²) in [6, 6.07) is 21.2. The number of hydrogen-bond donors (Lipinski definition) is 1. The van der Waals surface area contributed by atoms with E-state index in [1.54, 1.807) is 30.2 Å². The quantitative estimate of drug-likeness (QED) is 0.297. The van der Waals surface area contributed by atoms with E-state index in [9.17, 15) is 9.59 Å². The van der Waals surface area contributed by atoms with Crippen molar-refractivity contribution < 1.29 is 24.2 Å². The summed E-state index contributed by atoms with van der Waals surface area (Å²) in [6.45, 7) is 4.32. The zero-order valence-corrected chi connectivity index (χ0v) is 20.4. The Bertz CT molecular complexity index is 1310. The van der Waals surface area contributed by atoms with Gasteiger partial charge in [0.15, 0.2) is 5.17 Å². The van der Waals surface area contributed by atoms with Gasteiger partial charge in [0.2, 0.25) is 0 Å². The van der Waals surface area contributed by atoms with Crippen molar-refractivity contribution in [1.29, 1.82) is 0 Å². The van der Waals surface area contributed by atoms with Crippen molar-refractivity contribution in [3.63, 3.8) is 0 Å². The van der Waals surface area contributed by atoms with E-state index in [-0.39, 0.29) is 18.0 Å². The molecule has 0 radical (unpaired) electrons. The van der Waals surface area contributed by atoms with Gasteiger partial charge in [0, 0.05) is 0 Å². The molecule has 7 nitrogen and oxygen atoms in total. The Morgan fingerprint density at radius 2 is 1.69 bits per heavy atom. The van der Waals surface area contributed by atoms with Crippen LogP contribution < -0.4 is 9.47 Å². The van der Waals surface area contributed by atoms with Gasteiger partial charge in [0.05, 0.1) is 29.8 Å². The van der Waals surface area contributed by atoms with Crippen molar-refractivity contribution in [2.75, 3.05) is 13.7 Å². The SMILES string of the molecule is C=CCOc1ccc(/C=C2\SC(=Nc3ccc(OC)cc3)N(Cc3ccc(C(=O)O)cc3)C2=O)cc1. The van der Waals surface area contributed by atoms with Gasteiger partial charge >= 0.3 is 5.97 Å². The minimum atomic E-state index is -0.998. The monoisotopic (exact) mass is 500 g/mol. The highest BCUT2D eigenvalue weighted by atomic mass is 32.2. The van der Waals surface area contributed by atoms with Crippen LogP contribution in [-0.2, 0) is 11.3 Å². The molecule has 1 amide bonds. The first kappa shape index (κ1) is 24.8. The summed E-state index contributed by atoms with van der Waals surface area (Å²) in [5.74, 6) is 0.255. The molecule has 1 aliphatic heterocycles. The molecule has 1 N–H and O–H groups in total. The number of amidine groups is 1. The summed E-state index contributed by atoms with van der Waals surface area (Å²) in [5, 5.41) is 9.70. The maximum absolute atomic E-state index is 13.4. The Morgan fingerprint density at radius 1 is 1.03 bits per heavy atom. The highest BCUT2D eigenvalue weighted by Gasteiger charge is 2.33. The van der Waals surface area contributed by atoms with Gasteiger partial charge in [-0.1, -0.05) is 36.9 Å². The fourth-order valence-electron chi connectivity index (χ4n) is 3.40. The molecule has 36 heavy (non-hydrogen) atoms. The summed E-state index contributed by atoms with van der Waals surface area (Å²) >= 11 is 1.29. The smallest absolute Gasteiger partial charge is 0.335 e. The number of aromatic carboxylic acids is 1. The van der Waals surface area contributed by atoms with Gasteiger partial charge in [-0.25, -0.2) is 9.79 Å². The predicted molar refractivity (Wildman–Crippen MR) is 142 cm³/mol. The van der Waals surface area contributed by atoms with Gasteiger partial charge in [-0.15, -0.1) is 0 Å². The van der Waals surface area contributed by atoms with Gasteiger partial charge in [-0.05, 0) is 77.5 Å². The number of carbonyl (C=O) groups excluding carboxylic acids is 1. The number of carbonyl (C=O) groups is 2. The lowest BCUT2D eigenvalue weighted by atomic mass is 10.1. The number of nitrogens with zero attached hydrogens (tertiary/aromatic N) is 2. The first-order chi connectivity index (χ1) is 17.5. The predicted octanol–water partition coefficient (Wildman–Crippen LogP) is 5.76. The molecule has 8 heteroatoms. The lowest BCUT2D eigenvalue weighted by molar-refractivity contribution is -0.122. The van der Waals surface area contributed by atoms with Gasteiger partial charge in [0.1, 0.15) is 18.1 Å². The van der Waals surface area contributed by atoms with Crippen molar-refractivity contribution in [3.8, 4) is 11.5 Å². The molecule has 4 rings (SSSR count). The molecule has 0 atom stereocenters. The fraction of sp³-hybridized carbons (Fsp3) is 0.107. The van der Waals surface area contributed by atoms with Crippen LogP contribution in [0.25, 0.3) is 6.08 Å². The minimum Gasteiger partial charge on any atom is -0.497 e. The molecule has 3 aromatic carbocycles. The standard InChI is InChI=1S/C28H24N2O5S/c1-3-16-35-24-12-6-19(7-13-24)17-25-26(31)30(18-20-4-8-21(9-5-20)27(32)33)28(36-25)29-22-10-14-23(34-2)15-11-22/h3-15,17H,1,16,18H2,2H3,(H,32,33)/b25-17-,29-28?. The van der Waals surface area contributed by atoms with Crippen LogP contribution >= 0.6 is 11.8 Å². The minimum absolute atomic E-state index is 0.179. The lowest BCUT2D eigenvalue weighted by Crippen LogP contribution is -2.28. The fourth-order valence-corrected chi connectivity index (χ4v) is 4.40. The molecule has 0 saturated carbocycles. The van der Waals surface area contributed by atoms with Crippen LogP contribution in [0.15, 0.2) is 95.3 Å². The number of methoxy groups -OCH3 is 1. The number of thioether (sulfide) groups is 1. The Morgan fingerprint density at radius 3 is 2.31 bits per heavy atom. The number of amides is 1. The number of ether oxygens (including phenoxy) is 2. The summed E-state index contributed by atoms with van der Waals surface area (Å²) in [4.78, 5) is 31.4. The number of aliphatic imine (C=N–C) groups is 1. The van der Waals surface area contributed by atoms with Gasteiger partial charge in [-0.2, -0.15) is 0 Å². The third-order valence-electron chi connectivity index (χ3n) is 5.27. The highest BCUT2D eigenvalue weighted by Crippen LogP contribution is 2.35. The first-order valence-electron chi connectivity index (χ1n) is 11.1. The molecule has 1 aliphatic rings. The van der Waals surface area contributed by atoms with Crippen LogP contribution in [0.5, 0.6) is 11.5 Å². The molecule has 1 heterocycles. The Hall–Kier alpha value is -4.30. The second kappa shape index (κ2) is 11.4. The number of benzene rings is 3. The van der Waals surface area contributed by atoms with Crippen molar-refractivity contribution in [1.82, 2.24) is 4.90 Å². The van der Waals surface area contributed by atoms with Gasteiger partial charge < -0.3 is 14.6 Å². The summed E-state index contributed by atoms with van der Waals surface area (Å²) in [7, 11) is 1.60. The van der Waals surface area contributed by atoms with E-state index in [1.807, 2.05) is 54.6 Å². The van der Waals surface area contributed by atoms with Crippen molar-refractivity contribution >= 4 is 40.6 Å². The van der Waals surface area contributed by atoms with Crippen molar-refractivity contribution in [2.24, 2.45) is 4.99 Å². The molecule has 182 valence electrons. The zero-order chi connectivity index (χ0) is 25.5. The van der Waals surface area contributed by atoms with Gasteiger partial charge in [-0.3, -0.25) is 9.69 Å². The van der Waals surface area contributed by atoms with Crippen molar-refractivity contribution in [2.45, 2.75) is 6.54 Å². The molecule has 3 aromatic rings. The molecule has 1 fully saturated rings. The van der Waals surface area contributed by atoms with E-state index in [0.29, 0.717) is 28.1 Å². The summed E-state index contributed by atoms with van der Waals surface area (Å²) < 4.78 is 10.7. The average molecular weight is 501 g/mol. The van der Waals surface area contributed by atoms with Crippen LogP contribution in [0.2, 0.25) is 0 Å². The normalized spacial score (nSPS) is 15.4. The average Bonchev–Trinajstić information content (AvgIpc) is 3.17. The third kappa shape index (κ3) is 6.03.